The second-order valence-electron chi connectivity index (χ2n) is 6.98. The number of hydrogen-bond acceptors (Lipinski definition) is 7. The number of halogens is 3. The second kappa shape index (κ2) is 8.74. The first-order chi connectivity index (χ1) is 15.2. The van der Waals surface area contributed by atoms with E-state index < -0.39 is 30.0 Å². The van der Waals surface area contributed by atoms with Crippen LogP contribution in [0.15, 0.2) is 29.6 Å². The molecule has 0 spiro atoms. The van der Waals surface area contributed by atoms with Crippen molar-refractivity contribution in [1.82, 2.24) is 10.3 Å². The highest BCUT2D eigenvalue weighted by atomic mass is 32.1. The fraction of sp³-hybridized carbons (Fsp3) is 0.368. The minimum atomic E-state index is -4.62. The number of cyclic esters (lactones) is 1. The monoisotopic (exact) mass is 470 g/mol. The van der Waals surface area contributed by atoms with Crippen molar-refractivity contribution in [2.75, 3.05) is 42.6 Å². The molecule has 1 aromatic carbocycles. The van der Waals surface area contributed by atoms with Crippen molar-refractivity contribution in [3.63, 3.8) is 0 Å². The molecule has 2 fully saturated rings. The molecular formula is C19H17F3N4O5S. The fourth-order valence-corrected chi connectivity index (χ4v) is 3.97. The van der Waals surface area contributed by atoms with Crippen LogP contribution >= 0.6 is 11.3 Å². The number of ether oxygens (including phenoxy) is 2. The van der Waals surface area contributed by atoms with Crippen LogP contribution in [0.4, 0.5) is 29.3 Å². The number of nitrogens with zero attached hydrogens (tertiary/aromatic N) is 3. The Morgan fingerprint density at radius 1 is 1.19 bits per heavy atom. The third kappa shape index (κ3) is 4.67. The average Bonchev–Trinajstić information content (AvgIpc) is 3.40. The van der Waals surface area contributed by atoms with Crippen LogP contribution in [0.25, 0.3) is 0 Å². The van der Waals surface area contributed by atoms with Crippen molar-refractivity contribution < 1.29 is 37.0 Å². The number of thiazole rings is 1. The number of carbonyl (C=O) groups is 3. The predicted molar refractivity (Wildman–Crippen MR) is 107 cm³/mol. The predicted octanol–water partition coefficient (Wildman–Crippen LogP) is 2.28. The minimum absolute atomic E-state index is 0.0200. The normalized spacial score (nSPS) is 19.3. The summed E-state index contributed by atoms with van der Waals surface area (Å²) in [7, 11) is 0. The number of alkyl halides is 3. The molecule has 3 heterocycles. The van der Waals surface area contributed by atoms with E-state index >= 15 is 0 Å². The maximum atomic E-state index is 12.6. The second-order valence-corrected chi connectivity index (χ2v) is 7.83. The van der Waals surface area contributed by atoms with E-state index in [9.17, 15) is 27.6 Å². The Morgan fingerprint density at radius 2 is 1.88 bits per heavy atom. The molecule has 0 saturated carbocycles. The molecule has 9 nitrogen and oxygen atoms in total. The number of amides is 3. The molecule has 2 saturated heterocycles. The van der Waals surface area contributed by atoms with Gasteiger partial charge in [0, 0.05) is 23.3 Å². The Bertz CT molecular complexity index is 1030. The molecule has 13 heteroatoms. The van der Waals surface area contributed by atoms with Crippen LogP contribution in [-0.4, -0.2) is 61.8 Å². The summed E-state index contributed by atoms with van der Waals surface area (Å²) in [5.74, 6) is -0.928. The highest BCUT2D eigenvalue weighted by Crippen LogP contribution is 2.30. The summed E-state index contributed by atoms with van der Waals surface area (Å²) in [6, 6.07) is 6.77. The number of benzene rings is 1. The summed E-state index contributed by atoms with van der Waals surface area (Å²) in [4.78, 5) is 42.5. The maximum Gasteiger partial charge on any atom is 0.434 e. The molecular weight excluding hydrogens is 453 g/mol. The molecule has 3 amide bonds. The van der Waals surface area contributed by atoms with E-state index in [1.54, 1.807) is 29.2 Å². The molecule has 32 heavy (non-hydrogen) atoms. The lowest BCUT2D eigenvalue weighted by Crippen LogP contribution is -2.41. The number of anilines is 2. The standard InChI is InChI=1S/C19H17F3N4O5S/c20-19(21,22)14-10-32-17(24-14)16(28)23-7-13-8-26(18(29)31-13)12-3-1-11(2-4-12)25-5-6-30-9-15(25)27/h1-4,10,13H,5-9H2,(H,23,28)/t13-/m0/s1. The Labute approximate surface area is 183 Å². The van der Waals surface area contributed by atoms with Gasteiger partial charge in [0.15, 0.2) is 10.7 Å². The number of aromatic nitrogens is 1. The third-order valence-electron chi connectivity index (χ3n) is 4.81. The fourth-order valence-electron chi connectivity index (χ4n) is 3.23. The average molecular weight is 470 g/mol. The van der Waals surface area contributed by atoms with Crippen LogP contribution in [0, 0.1) is 0 Å². The number of hydrogen-bond donors (Lipinski definition) is 1. The third-order valence-corrected chi connectivity index (χ3v) is 5.65. The van der Waals surface area contributed by atoms with Gasteiger partial charge < -0.3 is 19.7 Å². The lowest BCUT2D eigenvalue weighted by Gasteiger charge is -2.27. The Kier molecular flexibility index (Phi) is 6.02. The molecule has 170 valence electrons. The first kappa shape index (κ1) is 22.0. The Balaban J connectivity index is 1.33. The number of nitrogens with one attached hydrogen (secondary N) is 1. The Morgan fingerprint density at radius 3 is 2.50 bits per heavy atom. The van der Waals surface area contributed by atoms with Crippen molar-refractivity contribution in [3.8, 4) is 0 Å². The van der Waals surface area contributed by atoms with E-state index in [0.717, 1.165) is 5.38 Å². The SMILES string of the molecule is O=C(NC[C@H]1CN(c2ccc(N3CCOCC3=O)cc2)C(=O)O1)c1nc(C(F)(F)F)cs1. The van der Waals surface area contributed by atoms with Crippen LogP contribution in [0.2, 0.25) is 0 Å². The van der Waals surface area contributed by atoms with Gasteiger partial charge in [-0.15, -0.1) is 11.3 Å². The molecule has 2 aliphatic heterocycles. The van der Waals surface area contributed by atoms with Crippen LogP contribution in [0.3, 0.4) is 0 Å². The molecule has 1 N–H and O–H groups in total. The first-order valence-corrected chi connectivity index (χ1v) is 10.4. The number of rotatable bonds is 5. The molecule has 0 bridgehead atoms. The van der Waals surface area contributed by atoms with E-state index in [4.69, 9.17) is 9.47 Å². The molecule has 1 aromatic heterocycles. The lowest BCUT2D eigenvalue weighted by molar-refractivity contribution is -0.140. The molecule has 4 rings (SSSR count). The first-order valence-electron chi connectivity index (χ1n) is 9.49. The van der Waals surface area contributed by atoms with Crippen molar-refractivity contribution in [2.45, 2.75) is 12.3 Å². The van der Waals surface area contributed by atoms with Crippen molar-refractivity contribution in [2.24, 2.45) is 0 Å². The van der Waals surface area contributed by atoms with E-state index in [-0.39, 0.29) is 30.6 Å². The Hall–Kier alpha value is -3.19. The number of carbonyl (C=O) groups excluding carboxylic acids is 3. The summed E-state index contributed by atoms with van der Waals surface area (Å²) < 4.78 is 48.2. The zero-order valence-corrected chi connectivity index (χ0v) is 17.2. The van der Waals surface area contributed by atoms with Gasteiger partial charge in [-0.25, -0.2) is 9.78 Å². The van der Waals surface area contributed by atoms with Gasteiger partial charge in [-0.05, 0) is 24.3 Å². The van der Waals surface area contributed by atoms with Gasteiger partial charge in [0.2, 0.25) is 0 Å². The van der Waals surface area contributed by atoms with E-state index in [0.29, 0.717) is 35.9 Å². The molecule has 2 aliphatic rings. The molecule has 0 radical (unpaired) electrons. The number of morpholine rings is 1. The molecule has 0 aliphatic carbocycles. The van der Waals surface area contributed by atoms with Gasteiger partial charge in [0.05, 0.1) is 19.7 Å². The van der Waals surface area contributed by atoms with Gasteiger partial charge in [-0.2, -0.15) is 13.2 Å². The molecule has 2 aromatic rings. The van der Waals surface area contributed by atoms with Crippen LogP contribution < -0.4 is 15.1 Å². The largest absolute Gasteiger partial charge is 0.442 e. The van der Waals surface area contributed by atoms with Gasteiger partial charge in [-0.3, -0.25) is 14.5 Å². The summed E-state index contributed by atoms with van der Waals surface area (Å²) >= 11 is 0.581. The molecule has 0 unspecified atom stereocenters. The van der Waals surface area contributed by atoms with E-state index in [1.807, 2.05) is 0 Å². The summed E-state index contributed by atoms with van der Waals surface area (Å²) in [5, 5.41) is 2.87. The highest BCUT2D eigenvalue weighted by Gasteiger charge is 2.35. The van der Waals surface area contributed by atoms with E-state index in [1.165, 1.54) is 4.90 Å². The zero-order valence-electron chi connectivity index (χ0n) is 16.4. The van der Waals surface area contributed by atoms with Gasteiger partial charge in [0.25, 0.3) is 11.8 Å². The highest BCUT2D eigenvalue weighted by molar-refractivity contribution is 7.11. The molecule has 1 atom stereocenters. The van der Waals surface area contributed by atoms with Crippen molar-refractivity contribution in [1.29, 1.82) is 0 Å². The maximum absolute atomic E-state index is 12.6. The summed E-state index contributed by atoms with van der Waals surface area (Å²) in [6.07, 6.45) is -5.93. The minimum Gasteiger partial charge on any atom is -0.442 e. The van der Waals surface area contributed by atoms with Crippen molar-refractivity contribution in [3.05, 3.63) is 40.3 Å². The summed E-state index contributed by atoms with van der Waals surface area (Å²) in [5.41, 5.74) is 0.0940. The summed E-state index contributed by atoms with van der Waals surface area (Å²) in [6.45, 7) is 0.961. The van der Waals surface area contributed by atoms with Crippen LogP contribution in [0.5, 0.6) is 0 Å². The quantitative estimate of drug-likeness (QED) is 0.720. The van der Waals surface area contributed by atoms with Gasteiger partial charge >= 0.3 is 12.3 Å². The van der Waals surface area contributed by atoms with Gasteiger partial charge in [-0.1, -0.05) is 0 Å². The van der Waals surface area contributed by atoms with Crippen LogP contribution in [-0.2, 0) is 20.4 Å². The lowest BCUT2D eigenvalue weighted by atomic mass is 10.2. The zero-order chi connectivity index (χ0) is 22.9. The van der Waals surface area contributed by atoms with E-state index in [2.05, 4.69) is 10.3 Å². The smallest absolute Gasteiger partial charge is 0.434 e. The van der Waals surface area contributed by atoms with Crippen LogP contribution in [0.1, 0.15) is 15.5 Å². The topological polar surface area (TPSA) is 101 Å². The van der Waals surface area contributed by atoms with Gasteiger partial charge in [0.1, 0.15) is 12.7 Å². The van der Waals surface area contributed by atoms with Crippen molar-refractivity contribution >= 4 is 40.6 Å².